The van der Waals surface area contributed by atoms with Crippen molar-refractivity contribution in [2.45, 2.75) is 72.1 Å². The molecule has 0 aliphatic rings. The van der Waals surface area contributed by atoms with Gasteiger partial charge in [0.15, 0.2) is 0 Å². The summed E-state index contributed by atoms with van der Waals surface area (Å²) in [6, 6.07) is 70.6. The number of aromatic nitrogens is 3. The van der Waals surface area contributed by atoms with Crippen molar-refractivity contribution >= 4 is 11.0 Å². The molecule has 0 spiro atoms. The molecule has 8 aromatic carbocycles. The van der Waals surface area contributed by atoms with Crippen molar-refractivity contribution < 1.29 is 26.2 Å². The smallest absolute Gasteiger partial charge is 0.148 e. The number of phenols is 1. The van der Waals surface area contributed by atoms with Crippen LogP contribution in [-0.2, 0) is 26.5 Å². The second-order valence-electron chi connectivity index (χ2n) is 19.5. The van der Waals surface area contributed by atoms with Gasteiger partial charge in [-0.2, -0.15) is 0 Å². The van der Waals surface area contributed by atoms with Crippen LogP contribution >= 0.6 is 0 Å². The fourth-order valence-corrected chi connectivity index (χ4v) is 9.46. The Labute approximate surface area is 428 Å². The van der Waals surface area contributed by atoms with Crippen LogP contribution in [0.3, 0.4) is 0 Å². The number of aromatic hydroxyl groups is 1. The van der Waals surface area contributed by atoms with E-state index in [1.54, 1.807) is 0 Å². The Morgan fingerprint density at radius 1 is 0.543 bits per heavy atom. The fraction of sp³-hybridized carbons (Fsp3) is 0.169. The molecule has 0 amide bonds. The molecule has 5 heteroatoms. The van der Waals surface area contributed by atoms with Crippen molar-refractivity contribution in [3.63, 3.8) is 0 Å². The van der Waals surface area contributed by atoms with Crippen LogP contribution in [0.15, 0.2) is 194 Å². The molecule has 350 valence electrons. The Kier molecular flexibility index (Phi) is 13.7. The zero-order chi connectivity index (χ0) is 47.8. The number of imidazole rings is 1. The maximum atomic E-state index is 12.4. The number of phenolic OH excluding ortho intramolecular Hbond substituents is 1. The monoisotopic (exact) mass is 1090 g/mol. The third-order valence-corrected chi connectivity index (χ3v) is 14.0. The second-order valence-corrected chi connectivity index (χ2v) is 19.5. The second kappa shape index (κ2) is 20.1. The van der Waals surface area contributed by atoms with E-state index in [2.05, 4.69) is 241 Å². The summed E-state index contributed by atoms with van der Waals surface area (Å²) in [6.07, 6.45) is 2.90. The number of fused-ring (bicyclic) bond motifs is 1. The van der Waals surface area contributed by atoms with Gasteiger partial charge < -0.3 is 5.11 Å². The number of benzene rings is 8. The topological polar surface area (TPSA) is 50.9 Å². The van der Waals surface area contributed by atoms with Gasteiger partial charge in [-0.3, -0.25) is 9.55 Å². The van der Waals surface area contributed by atoms with Gasteiger partial charge in [-0.1, -0.05) is 211 Å². The molecule has 4 nitrogen and oxygen atoms in total. The number of hydrogen-bond acceptors (Lipinski definition) is 3. The maximum Gasteiger partial charge on any atom is 0.148 e. The first kappa shape index (κ1) is 47.9. The van der Waals surface area contributed by atoms with Gasteiger partial charge in [0.2, 0.25) is 0 Å². The van der Waals surface area contributed by atoms with E-state index in [1.165, 1.54) is 16.7 Å². The Balaban J connectivity index is 0.00000608. The van der Waals surface area contributed by atoms with Crippen LogP contribution in [0.1, 0.15) is 83.4 Å². The van der Waals surface area contributed by atoms with Gasteiger partial charge in [0.25, 0.3) is 0 Å². The van der Waals surface area contributed by atoms with E-state index in [4.69, 9.17) is 9.97 Å². The molecule has 10 rings (SSSR count). The molecule has 0 aliphatic carbocycles. The summed E-state index contributed by atoms with van der Waals surface area (Å²) in [5.41, 5.74) is 19.2. The average Bonchev–Trinajstić information content (AvgIpc) is 3.78. The van der Waals surface area contributed by atoms with E-state index in [9.17, 15) is 5.11 Å². The molecule has 2 heterocycles. The first-order valence-electron chi connectivity index (χ1n) is 24.3. The van der Waals surface area contributed by atoms with Gasteiger partial charge >= 0.3 is 0 Å². The third-order valence-electron chi connectivity index (χ3n) is 14.0. The Bertz CT molecular complexity index is 3450. The van der Waals surface area contributed by atoms with E-state index in [1.807, 2.05) is 12.3 Å². The molecule has 0 fully saturated rings. The molecular weight excluding hydrogens is 1030 g/mol. The normalized spacial score (nSPS) is 11.6. The van der Waals surface area contributed by atoms with Crippen molar-refractivity contribution in [3.05, 3.63) is 217 Å². The van der Waals surface area contributed by atoms with Gasteiger partial charge in [-0.15, -0.1) is 23.8 Å². The van der Waals surface area contributed by atoms with Gasteiger partial charge in [-0.25, -0.2) is 4.98 Å². The van der Waals surface area contributed by atoms with E-state index in [0.717, 1.165) is 90.0 Å². The molecule has 0 aliphatic heterocycles. The minimum absolute atomic E-state index is 0. The molecule has 1 N–H and O–H groups in total. The fourth-order valence-electron chi connectivity index (χ4n) is 9.46. The van der Waals surface area contributed by atoms with Crippen molar-refractivity contribution in [1.29, 1.82) is 0 Å². The molecule has 0 unspecified atom stereocenters. The van der Waals surface area contributed by atoms with E-state index >= 15 is 0 Å². The van der Waals surface area contributed by atoms with Crippen LogP contribution in [0.4, 0.5) is 0 Å². The number of para-hydroxylation sites is 1. The van der Waals surface area contributed by atoms with Crippen molar-refractivity contribution in [3.8, 4) is 89.7 Å². The molecule has 0 saturated carbocycles. The van der Waals surface area contributed by atoms with Gasteiger partial charge in [0.05, 0.1) is 22.3 Å². The molecule has 70 heavy (non-hydrogen) atoms. The molecule has 0 saturated heterocycles. The van der Waals surface area contributed by atoms with Gasteiger partial charge in [0.1, 0.15) is 11.6 Å². The number of nitrogens with zero attached hydrogens (tertiary/aromatic N) is 3. The molecule has 2 aromatic heterocycles. The van der Waals surface area contributed by atoms with Crippen LogP contribution in [-0.4, -0.2) is 19.6 Å². The summed E-state index contributed by atoms with van der Waals surface area (Å²) in [7, 11) is 0. The van der Waals surface area contributed by atoms with Crippen molar-refractivity contribution in [2.24, 2.45) is 0 Å². The largest absolute Gasteiger partial charge is 0.507 e. The third kappa shape index (κ3) is 9.34. The van der Waals surface area contributed by atoms with Crippen molar-refractivity contribution in [2.75, 3.05) is 0 Å². The molecule has 10 aromatic rings. The van der Waals surface area contributed by atoms with E-state index in [-0.39, 0.29) is 44.1 Å². The number of hydrogen-bond donors (Lipinski definition) is 1. The molecule has 0 bridgehead atoms. The molecular formula is C65H58N3OPt-. The van der Waals surface area contributed by atoms with E-state index in [0.29, 0.717) is 11.4 Å². The van der Waals surface area contributed by atoms with Crippen LogP contribution < -0.4 is 0 Å². The summed E-state index contributed by atoms with van der Waals surface area (Å²) < 4.78 is 2.28. The summed E-state index contributed by atoms with van der Waals surface area (Å²) in [4.78, 5) is 10.6. The average molecular weight is 1090 g/mol. The predicted octanol–water partition coefficient (Wildman–Crippen LogP) is 17.5. The van der Waals surface area contributed by atoms with Crippen LogP contribution in [0, 0.1) is 6.07 Å². The Morgan fingerprint density at radius 3 is 1.77 bits per heavy atom. The van der Waals surface area contributed by atoms with Gasteiger partial charge in [0, 0.05) is 38.5 Å². The summed E-state index contributed by atoms with van der Waals surface area (Å²) in [6.45, 7) is 15.6. The minimum atomic E-state index is -0.0379. The van der Waals surface area contributed by atoms with Crippen LogP contribution in [0.2, 0.25) is 0 Å². The van der Waals surface area contributed by atoms with Gasteiger partial charge in [-0.05, 0) is 104 Å². The first-order valence-corrected chi connectivity index (χ1v) is 24.3. The van der Waals surface area contributed by atoms with Crippen LogP contribution in [0.5, 0.6) is 5.75 Å². The Hall–Kier alpha value is -7.13. The summed E-state index contributed by atoms with van der Waals surface area (Å²) in [5.74, 6) is 1.28. The molecule has 0 atom stereocenters. The quantitative estimate of drug-likeness (QED) is 0.124. The molecule has 0 radical (unpaired) electrons. The Morgan fingerprint density at radius 2 is 1.14 bits per heavy atom. The van der Waals surface area contributed by atoms with E-state index < -0.39 is 0 Å². The summed E-state index contributed by atoms with van der Waals surface area (Å²) >= 11 is 0. The first-order chi connectivity index (χ1) is 33.5. The van der Waals surface area contributed by atoms with Crippen LogP contribution in [0.25, 0.3) is 95.0 Å². The minimum Gasteiger partial charge on any atom is -0.507 e. The zero-order valence-corrected chi connectivity index (χ0v) is 43.2. The standard InChI is InChI=1S/C65H58N3O.Pt/c1-8-65(6,7)54-31-32-60(57(41-54)48-23-16-11-17-24-48)68-61-26-18-25-55(62(61)67-64(68)58-39-50(42(2)3)38-56(43(4)5)63(58)69)52-35-51(45-21-14-10-15-22-45)36-53(37-52)59-40-49(33-34-66-59)47-29-27-46(28-30-47)44-19-12-9-13-20-44;/h9-36,38-43,69H,8H2,1-7H3;/q-1;. The summed E-state index contributed by atoms with van der Waals surface area (Å²) in [5, 5.41) is 12.4. The predicted molar refractivity (Wildman–Crippen MR) is 289 cm³/mol. The SMILES string of the molecule is CCC(C)(C)c1ccc(-n2c(-c3cc(C(C)C)cc(C(C)C)c3O)nc3c(-c4[c-]c(-c5cc(-c6ccc(-c7ccccc7)cc6)ccn5)cc(-c5ccccc5)c4)cccc32)c(-c2ccccc2)c1.[Pt]. The van der Waals surface area contributed by atoms with Crippen molar-refractivity contribution in [1.82, 2.24) is 14.5 Å². The maximum absolute atomic E-state index is 12.4. The number of pyridine rings is 1. The number of rotatable bonds is 12. The zero-order valence-electron chi connectivity index (χ0n) is 40.9.